The van der Waals surface area contributed by atoms with Crippen LogP contribution in [0.3, 0.4) is 0 Å². The van der Waals surface area contributed by atoms with Crippen LogP contribution in [0.25, 0.3) is 0 Å². The van der Waals surface area contributed by atoms with E-state index in [1.54, 1.807) is 6.07 Å². The first-order valence-electron chi connectivity index (χ1n) is 8.06. The maximum Gasteiger partial charge on any atom is 0.573 e. The zero-order chi connectivity index (χ0) is 18.2. The largest absolute Gasteiger partial charge is 0.573 e. The smallest absolute Gasteiger partial charge is 0.405 e. The summed E-state index contributed by atoms with van der Waals surface area (Å²) in [7, 11) is 0. The number of halogens is 3. The second-order valence-electron chi connectivity index (χ2n) is 6.22. The summed E-state index contributed by atoms with van der Waals surface area (Å²) >= 11 is 0. The van der Waals surface area contributed by atoms with Crippen LogP contribution >= 0.6 is 0 Å². The van der Waals surface area contributed by atoms with Gasteiger partial charge >= 0.3 is 6.36 Å². The number of carbonyl (C=O) groups is 1. The lowest BCUT2D eigenvalue weighted by Crippen LogP contribution is -2.25. The molecule has 0 saturated heterocycles. The van der Waals surface area contributed by atoms with Gasteiger partial charge in [-0.3, -0.25) is 4.79 Å². The van der Waals surface area contributed by atoms with Crippen LogP contribution in [0.1, 0.15) is 46.2 Å². The van der Waals surface area contributed by atoms with Crippen molar-refractivity contribution >= 4 is 5.91 Å². The van der Waals surface area contributed by atoms with Gasteiger partial charge in [0.25, 0.3) is 5.91 Å². The van der Waals surface area contributed by atoms with Crippen molar-refractivity contribution in [2.24, 2.45) is 0 Å². The molecule has 4 nitrogen and oxygen atoms in total. The van der Waals surface area contributed by atoms with Crippen LogP contribution in [0.15, 0.2) is 30.3 Å². The number of alkyl halides is 3. The molecule has 0 unspecified atom stereocenters. The molecule has 0 atom stereocenters. The number of hydrogen-bond acceptors (Lipinski definition) is 2. The summed E-state index contributed by atoms with van der Waals surface area (Å²) in [6.45, 7) is 3.80. The number of amides is 1. The molecule has 1 fully saturated rings. The molecule has 1 saturated carbocycles. The van der Waals surface area contributed by atoms with E-state index in [0.717, 1.165) is 24.2 Å². The Kier molecular flexibility index (Phi) is 4.49. The van der Waals surface area contributed by atoms with E-state index in [1.165, 1.54) is 18.2 Å². The number of benzene rings is 1. The number of para-hydroxylation sites is 1. The topological polar surface area (TPSA) is 43.3 Å². The number of carbonyl (C=O) groups excluding carboxylic acids is 1. The van der Waals surface area contributed by atoms with Gasteiger partial charge in [-0.25, -0.2) is 0 Å². The van der Waals surface area contributed by atoms with Crippen LogP contribution in [0.4, 0.5) is 13.2 Å². The van der Waals surface area contributed by atoms with E-state index in [1.807, 2.05) is 19.9 Å². The summed E-state index contributed by atoms with van der Waals surface area (Å²) in [6, 6.07) is 8.06. The van der Waals surface area contributed by atoms with Crippen molar-refractivity contribution < 1.29 is 22.7 Å². The van der Waals surface area contributed by atoms with Gasteiger partial charge in [0.15, 0.2) is 0 Å². The molecule has 0 bridgehead atoms. The minimum Gasteiger partial charge on any atom is -0.405 e. The normalized spacial score (nSPS) is 14.4. The van der Waals surface area contributed by atoms with Gasteiger partial charge in [0, 0.05) is 29.5 Å². The molecule has 1 aliphatic carbocycles. The molecule has 134 valence electrons. The monoisotopic (exact) mass is 352 g/mol. The quantitative estimate of drug-likeness (QED) is 0.873. The Morgan fingerprint density at radius 3 is 2.60 bits per heavy atom. The van der Waals surface area contributed by atoms with E-state index in [9.17, 15) is 18.0 Å². The SMILES string of the molecule is Cc1cc(C(=O)NCc2ccccc2OC(F)(F)F)c(C)n1C1CC1. The number of rotatable bonds is 5. The van der Waals surface area contributed by atoms with Gasteiger partial charge in [-0.2, -0.15) is 0 Å². The highest BCUT2D eigenvalue weighted by molar-refractivity contribution is 5.95. The van der Waals surface area contributed by atoms with Crippen LogP contribution in [0.2, 0.25) is 0 Å². The Labute approximate surface area is 143 Å². The predicted molar refractivity (Wildman–Crippen MR) is 86.5 cm³/mol. The van der Waals surface area contributed by atoms with E-state index < -0.39 is 6.36 Å². The number of nitrogens with one attached hydrogen (secondary N) is 1. The molecule has 1 heterocycles. The first-order valence-corrected chi connectivity index (χ1v) is 8.06. The number of aromatic nitrogens is 1. The summed E-state index contributed by atoms with van der Waals surface area (Å²) in [4.78, 5) is 12.5. The highest BCUT2D eigenvalue weighted by Gasteiger charge is 2.32. The molecule has 2 aromatic rings. The van der Waals surface area contributed by atoms with Gasteiger partial charge in [-0.1, -0.05) is 18.2 Å². The Morgan fingerprint density at radius 2 is 1.96 bits per heavy atom. The molecule has 1 aliphatic rings. The van der Waals surface area contributed by atoms with E-state index in [2.05, 4.69) is 14.6 Å². The van der Waals surface area contributed by atoms with Crippen LogP contribution < -0.4 is 10.1 Å². The van der Waals surface area contributed by atoms with Gasteiger partial charge in [-0.15, -0.1) is 13.2 Å². The van der Waals surface area contributed by atoms with E-state index in [4.69, 9.17) is 0 Å². The second kappa shape index (κ2) is 6.46. The van der Waals surface area contributed by atoms with Crippen molar-refractivity contribution in [1.29, 1.82) is 0 Å². The van der Waals surface area contributed by atoms with Crippen LogP contribution in [0, 0.1) is 13.8 Å². The van der Waals surface area contributed by atoms with Crippen molar-refractivity contribution in [2.45, 2.75) is 45.6 Å². The van der Waals surface area contributed by atoms with Crippen LogP contribution in [0.5, 0.6) is 5.75 Å². The Balaban J connectivity index is 1.72. The van der Waals surface area contributed by atoms with Crippen LogP contribution in [-0.2, 0) is 6.54 Å². The molecule has 7 heteroatoms. The summed E-state index contributed by atoms with van der Waals surface area (Å²) in [5.41, 5.74) is 2.73. The predicted octanol–water partition coefficient (Wildman–Crippen LogP) is 4.27. The molecule has 1 amide bonds. The third-order valence-electron chi connectivity index (χ3n) is 4.28. The van der Waals surface area contributed by atoms with Gasteiger partial charge in [0.1, 0.15) is 5.75 Å². The van der Waals surface area contributed by atoms with Gasteiger partial charge in [0.2, 0.25) is 0 Å². The lowest BCUT2D eigenvalue weighted by atomic mass is 10.2. The fourth-order valence-electron chi connectivity index (χ4n) is 3.05. The Morgan fingerprint density at radius 1 is 1.28 bits per heavy atom. The molecule has 0 spiro atoms. The van der Waals surface area contributed by atoms with Crippen molar-refractivity contribution in [1.82, 2.24) is 9.88 Å². The summed E-state index contributed by atoms with van der Waals surface area (Å²) < 4.78 is 43.5. The fraction of sp³-hybridized carbons (Fsp3) is 0.389. The fourth-order valence-corrected chi connectivity index (χ4v) is 3.05. The second-order valence-corrected chi connectivity index (χ2v) is 6.22. The van der Waals surface area contributed by atoms with Crippen LogP contribution in [-0.4, -0.2) is 16.8 Å². The molecule has 1 aromatic heterocycles. The highest BCUT2D eigenvalue weighted by Crippen LogP contribution is 2.38. The lowest BCUT2D eigenvalue weighted by molar-refractivity contribution is -0.274. The van der Waals surface area contributed by atoms with Gasteiger partial charge < -0.3 is 14.6 Å². The zero-order valence-corrected chi connectivity index (χ0v) is 14.0. The highest BCUT2D eigenvalue weighted by atomic mass is 19.4. The van der Waals surface area contributed by atoms with Crippen molar-refractivity contribution in [3.05, 3.63) is 52.8 Å². The first kappa shape index (κ1) is 17.4. The minimum atomic E-state index is -4.77. The van der Waals surface area contributed by atoms with Crippen molar-refractivity contribution in [2.75, 3.05) is 0 Å². The third-order valence-corrected chi connectivity index (χ3v) is 4.28. The summed E-state index contributed by atoms with van der Waals surface area (Å²) in [5.74, 6) is -0.611. The molecule has 0 radical (unpaired) electrons. The van der Waals surface area contributed by atoms with Crippen molar-refractivity contribution in [3.63, 3.8) is 0 Å². The Bertz CT molecular complexity index is 792. The molecule has 25 heavy (non-hydrogen) atoms. The van der Waals surface area contributed by atoms with Gasteiger partial charge in [0.05, 0.1) is 5.56 Å². The van der Waals surface area contributed by atoms with Crippen molar-refractivity contribution in [3.8, 4) is 5.75 Å². The average molecular weight is 352 g/mol. The molecular formula is C18H19F3N2O2. The first-order chi connectivity index (χ1) is 11.8. The molecule has 0 aliphatic heterocycles. The minimum absolute atomic E-state index is 0.0435. The summed E-state index contributed by atoms with van der Waals surface area (Å²) in [5, 5.41) is 2.68. The number of hydrogen-bond donors (Lipinski definition) is 1. The van der Waals surface area contributed by atoms with E-state index in [0.29, 0.717) is 11.6 Å². The molecule has 1 aromatic carbocycles. The number of nitrogens with zero attached hydrogens (tertiary/aromatic N) is 1. The van der Waals surface area contributed by atoms with Gasteiger partial charge in [-0.05, 0) is 38.8 Å². The number of aryl methyl sites for hydroxylation is 1. The standard InChI is InChI=1S/C18H19F3N2O2/c1-11-9-15(12(2)23(11)14-7-8-14)17(24)22-10-13-5-3-4-6-16(13)25-18(19,20)21/h3-6,9,14H,7-8,10H2,1-2H3,(H,22,24). The molecule has 3 rings (SSSR count). The maximum absolute atomic E-state index is 12.5. The maximum atomic E-state index is 12.5. The molecular weight excluding hydrogens is 333 g/mol. The van der Waals surface area contributed by atoms with E-state index >= 15 is 0 Å². The molecule has 1 N–H and O–H groups in total. The zero-order valence-electron chi connectivity index (χ0n) is 14.0. The third kappa shape index (κ3) is 3.97. The Hall–Kier alpha value is -2.44. The lowest BCUT2D eigenvalue weighted by Gasteiger charge is -2.13. The number of ether oxygens (including phenoxy) is 1. The van der Waals surface area contributed by atoms with E-state index in [-0.39, 0.29) is 23.8 Å². The summed E-state index contributed by atoms with van der Waals surface area (Å²) in [6.07, 6.45) is -2.55. The average Bonchev–Trinajstić information content (AvgIpc) is 3.30.